The van der Waals surface area contributed by atoms with Crippen molar-refractivity contribution in [1.29, 1.82) is 0 Å². The van der Waals surface area contributed by atoms with Crippen LogP contribution in [0.5, 0.6) is 0 Å². The van der Waals surface area contributed by atoms with Gasteiger partial charge in [-0.15, -0.1) is 0 Å². The third-order valence-electron chi connectivity index (χ3n) is 3.89. The molecule has 18 heavy (non-hydrogen) atoms. The largest absolute Gasteiger partial charge is 0.310 e. The van der Waals surface area contributed by atoms with E-state index in [1.165, 1.54) is 31.5 Å². The molecule has 0 aliphatic carbocycles. The van der Waals surface area contributed by atoms with Crippen LogP contribution in [-0.2, 0) is 13.1 Å². The van der Waals surface area contributed by atoms with Crippen molar-refractivity contribution in [2.24, 2.45) is 0 Å². The molecule has 1 aliphatic heterocycles. The SMILES string of the molecule is CCn1nc(C)cc1CNCC1CCCCN1C. The molecule has 0 saturated carbocycles. The zero-order valence-corrected chi connectivity index (χ0v) is 11.9. The van der Waals surface area contributed by atoms with Crippen molar-refractivity contribution in [3.8, 4) is 0 Å². The highest BCUT2D eigenvalue weighted by atomic mass is 15.3. The maximum Gasteiger partial charge on any atom is 0.0597 e. The smallest absolute Gasteiger partial charge is 0.0597 e. The first kappa shape index (κ1) is 13.6. The van der Waals surface area contributed by atoms with Crippen LogP contribution in [0.1, 0.15) is 37.6 Å². The van der Waals surface area contributed by atoms with E-state index in [1.54, 1.807) is 0 Å². The highest BCUT2D eigenvalue weighted by Gasteiger charge is 2.18. The molecule has 0 amide bonds. The first-order chi connectivity index (χ1) is 8.70. The van der Waals surface area contributed by atoms with Gasteiger partial charge in [0.2, 0.25) is 0 Å². The fourth-order valence-electron chi connectivity index (χ4n) is 2.78. The van der Waals surface area contributed by atoms with Gasteiger partial charge >= 0.3 is 0 Å². The van der Waals surface area contributed by atoms with E-state index in [0.717, 1.165) is 25.3 Å². The van der Waals surface area contributed by atoms with Gasteiger partial charge in [0.25, 0.3) is 0 Å². The number of likely N-dealkylation sites (N-methyl/N-ethyl adjacent to an activating group) is 1. The quantitative estimate of drug-likeness (QED) is 0.865. The van der Waals surface area contributed by atoms with Crippen LogP contribution in [0.4, 0.5) is 0 Å². The number of nitrogens with one attached hydrogen (secondary N) is 1. The van der Waals surface area contributed by atoms with Crippen LogP contribution in [0.25, 0.3) is 0 Å². The van der Waals surface area contributed by atoms with Crippen LogP contribution in [-0.4, -0.2) is 40.9 Å². The van der Waals surface area contributed by atoms with Gasteiger partial charge in [0.15, 0.2) is 0 Å². The molecule has 2 heterocycles. The third-order valence-corrected chi connectivity index (χ3v) is 3.89. The minimum Gasteiger partial charge on any atom is -0.310 e. The summed E-state index contributed by atoms with van der Waals surface area (Å²) in [6.45, 7) is 8.42. The van der Waals surface area contributed by atoms with Crippen molar-refractivity contribution in [2.75, 3.05) is 20.1 Å². The Balaban J connectivity index is 1.80. The molecule has 0 aromatic carbocycles. The Morgan fingerprint density at radius 3 is 3.00 bits per heavy atom. The summed E-state index contributed by atoms with van der Waals surface area (Å²) in [5.41, 5.74) is 2.41. The van der Waals surface area contributed by atoms with Crippen LogP contribution in [0.3, 0.4) is 0 Å². The topological polar surface area (TPSA) is 33.1 Å². The van der Waals surface area contributed by atoms with E-state index in [4.69, 9.17) is 0 Å². The zero-order valence-electron chi connectivity index (χ0n) is 11.9. The standard InChI is InChI=1S/C14H26N4/c1-4-18-14(9-12(2)16-18)11-15-10-13-7-5-6-8-17(13)3/h9,13,15H,4-8,10-11H2,1-3H3. The van der Waals surface area contributed by atoms with Crippen LogP contribution in [0.15, 0.2) is 6.07 Å². The van der Waals surface area contributed by atoms with E-state index in [-0.39, 0.29) is 0 Å². The summed E-state index contributed by atoms with van der Waals surface area (Å²) in [5, 5.41) is 8.06. The summed E-state index contributed by atoms with van der Waals surface area (Å²) in [6.07, 6.45) is 4.06. The molecule has 1 aromatic rings. The summed E-state index contributed by atoms with van der Waals surface area (Å²) in [7, 11) is 2.24. The van der Waals surface area contributed by atoms with Crippen molar-refractivity contribution in [2.45, 2.75) is 52.2 Å². The van der Waals surface area contributed by atoms with E-state index >= 15 is 0 Å². The van der Waals surface area contributed by atoms with Crippen molar-refractivity contribution in [3.63, 3.8) is 0 Å². The molecule has 1 saturated heterocycles. The van der Waals surface area contributed by atoms with E-state index in [9.17, 15) is 0 Å². The normalized spacial score (nSPS) is 21.4. The van der Waals surface area contributed by atoms with Crippen molar-refractivity contribution in [3.05, 3.63) is 17.5 Å². The number of aromatic nitrogens is 2. The summed E-state index contributed by atoms with van der Waals surface area (Å²) in [4.78, 5) is 2.48. The van der Waals surface area contributed by atoms with Gasteiger partial charge in [-0.1, -0.05) is 6.42 Å². The number of aryl methyl sites for hydroxylation is 2. The molecule has 1 aromatic heterocycles. The van der Waals surface area contributed by atoms with Gasteiger partial charge in [-0.25, -0.2) is 0 Å². The van der Waals surface area contributed by atoms with Crippen LogP contribution >= 0.6 is 0 Å². The van der Waals surface area contributed by atoms with Gasteiger partial charge in [0.05, 0.1) is 11.4 Å². The van der Waals surface area contributed by atoms with Crippen molar-refractivity contribution in [1.82, 2.24) is 20.0 Å². The number of piperidine rings is 1. The average molecular weight is 250 g/mol. The zero-order chi connectivity index (χ0) is 13.0. The first-order valence-corrected chi connectivity index (χ1v) is 7.15. The Morgan fingerprint density at radius 1 is 1.44 bits per heavy atom. The second-order valence-electron chi connectivity index (χ2n) is 5.35. The number of hydrogen-bond donors (Lipinski definition) is 1. The van der Waals surface area contributed by atoms with Gasteiger partial charge in [-0.2, -0.15) is 5.10 Å². The Bertz CT molecular complexity index is 372. The lowest BCUT2D eigenvalue weighted by molar-refractivity contribution is 0.181. The Kier molecular flexibility index (Phi) is 4.78. The lowest BCUT2D eigenvalue weighted by atomic mass is 10.0. The summed E-state index contributed by atoms with van der Waals surface area (Å²) in [6, 6.07) is 2.89. The molecule has 102 valence electrons. The van der Waals surface area contributed by atoms with Gasteiger partial charge in [-0.3, -0.25) is 4.68 Å². The number of nitrogens with zero attached hydrogens (tertiary/aromatic N) is 3. The summed E-state index contributed by atoms with van der Waals surface area (Å²) >= 11 is 0. The van der Waals surface area contributed by atoms with Crippen molar-refractivity contribution >= 4 is 0 Å². The lowest BCUT2D eigenvalue weighted by Gasteiger charge is -2.32. The summed E-state index contributed by atoms with van der Waals surface area (Å²) in [5.74, 6) is 0. The van der Waals surface area contributed by atoms with E-state index in [1.807, 2.05) is 0 Å². The monoisotopic (exact) mass is 250 g/mol. The van der Waals surface area contributed by atoms with Crippen LogP contribution in [0.2, 0.25) is 0 Å². The molecule has 1 atom stereocenters. The van der Waals surface area contributed by atoms with E-state index in [2.05, 4.69) is 47.0 Å². The van der Waals surface area contributed by atoms with Crippen molar-refractivity contribution < 1.29 is 0 Å². The van der Waals surface area contributed by atoms with Gasteiger partial charge in [-0.05, 0) is 46.3 Å². The average Bonchev–Trinajstić information content (AvgIpc) is 2.72. The predicted molar refractivity (Wildman–Crippen MR) is 74.6 cm³/mol. The second kappa shape index (κ2) is 6.34. The van der Waals surface area contributed by atoms with E-state index in [0.29, 0.717) is 6.04 Å². The van der Waals surface area contributed by atoms with Gasteiger partial charge < -0.3 is 10.2 Å². The molecule has 4 heteroatoms. The second-order valence-corrected chi connectivity index (χ2v) is 5.35. The van der Waals surface area contributed by atoms with Crippen LogP contribution in [0, 0.1) is 6.92 Å². The number of hydrogen-bond acceptors (Lipinski definition) is 3. The maximum absolute atomic E-state index is 4.48. The molecule has 1 fully saturated rings. The van der Waals surface area contributed by atoms with Gasteiger partial charge in [0.1, 0.15) is 0 Å². The van der Waals surface area contributed by atoms with Gasteiger partial charge in [0, 0.05) is 25.7 Å². The van der Waals surface area contributed by atoms with E-state index < -0.39 is 0 Å². The minimum absolute atomic E-state index is 0.706. The molecule has 1 unspecified atom stereocenters. The third kappa shape index (κ3) is 3.33. The molecule has 0 spiro atoms. The molecule has 2 rings (SSSR count). The Labute approximate surface area is 110 Å². The molecule has 0 radical (unpaired) electrons. The highest BCUT2D eigenvalue weighted by molar-refractivity contribution is 5.08. The number of rotatable bonds is 5. The maximum atomic E-state index is 4.48. The Morgan fingerprint density at radius 2 is 2.28 bits per heavy atom. The van der Waals surface area contributed by atoms with Crippen LogP contribution < -0.4 is 5.32 Å². The minimum atomic E-state index is 0.706. The summed E-state index contributed by atoms with van der Waals surface area (Å²) < 4.78 is 2.09. The Hall–Kier alpha value is -0.870. The molecule has 4 nitrogen and oxygen atoms in total. The fourth-order valence-corrected chi connectivity index (χ4v) is 2.78. The predicted octanol–water partition coefficient (Wildman–Crippen LogP) is 1.79. The molecule has 0 bridgehead atoms. The first-order valence-electron chi connectivity index (χ1n) is 7.15. The molecular weight excluding hydrogens is 224 g/mol. The fraction of sp³-hybridized carbons (Fsp3) is 0.786. The molecule has 1 aliphatic rings. The highest BCUT2D eigenvalue weighted by Crippen LogP contribution is 2.14. The number of likely N-dealkylation sites (tertiary alicyclic amines) is 1. The molecular formula is C14H26N4. The molecule has 1 N–H and O–H groups in total. The lowest BCUT2D eigenvalue weighted by Crippen LogP contribution is -2.43.